The third-order valence-corrected chi connectivity index (χ3v) is 3.46. The minimum absolute atomic E-state index is 0. The molecule has 6 heteroatoms. The molecule has 2 N–H and O–H groups in total. The molecule has 0 aromatic heterocycles. The largest absolute Gasteiger partial charge is 1.00 e. The van der Waals surface area contributed by atoms with Gasteiger partial charge in [-0.1, -0.05) is 38.1 Å². The van der Waals surface area contributed by atoms with E-state index in [-0.39, 0.29) is 68.4 Å². The fourth-order valence-corrected chi connectivity index (χ4v) is 2.33. The summed E-state index contributed by atoms with van der Waals surface area (Å²) in [5.41, 5.74) is 2.12. The molecule has 1 aromatic rings. The molecule has 20 heavy (non-hydrogen) atoms. The van der Waals surface area contributed by atoms with Crippen molar-refractivity contribution in [3.05, 3.63) is 35.4 Å². The Hall–Kier alpha value is -0.294. The fourth-order valence-electron chi connectivity index (χ4n) is 2.10. The maximum atomic E-state index is 11.7. The standard InChI is InChI=1S/C14H15N3OS.K/c1-8(2)9-3-5-10(6-4-9)12-11(7-15)13(18)17-14(19)16-12;/h3-6,8,11-12H,1-2H3,(H2,16,17,18,19);/q;+1. The first kappa shape index (κ1) is 17.8. The third-order valence-electron chi connectivity index (χ3n) is 3.24. The SMILES string of the molecule is CC(C)c1ccc(C2NC(=S)NC(=O)C2C#N)cc1.[K+]. The number of nitriles is 1. The van der Waals surface area contributed by atoms with Crippen LogP contribution in [0.2, 0.25) is 0 Å². The molecule has 0 aliphatic carbocycles. The topological polar surface area (TPSA) is 64.9 Å². The van der Waals surface area contributed by atoms with Gasteiger partial charge >= 0.3 is 51.4 Å². The van der Waals surface area contributed by atoms with Gasteiger partial charge in [-0.15, -0.1) is 0 Å². The summed E-state index contributed by atoms with van der Waals surface area (Å²) in [6, 6.07) is 9.57. The first-order valence-electron chi connectivity index (χ1n) is 6.13. The Morgan fingerprint density at radius 2 is 1.90 bits per heavy atom. The molecule has 1 aliphatic rings. The van der Waals surface area contributed by atoms with Gasteiger partial charge in [-0.2, -0.15) is 5.26 Å². The quantitative estimate of drug-likeness (QED) is 0.543. The van der Waals surface area contributed by atoms with Crippen LogP contribution in [0.1, 0.15) is 36.9 Å². The van der Waals surface area contributed by atoms with Gasteiger partial charge in [0.25, 0.3) is 0 Å². The second kappa shape index (κ2) is 7.64. The van der Waals surface area contributed by atoms with Crippen LogP contribution in [0, 0.1) is 17.2 Å². The molecule has 0 bridgehead atoms. The molecule has 1 aliphatic heterocycles. The van der Waals surface area contributed by atoms with Gasteiger partial charge in [-0.3, -0.25) is 4.79 Å². The Morgan fingerprint density at radius 1 is 1.30 bits per heavy atom. The van der Waals surface area contributed by atoms with Gasteiger partial charge in [0.15, 0.2) is 5.11 Å². The van der Waals surface area contributed by atoms with E-state index < -0.39 is 5.92 Å². The minimum atomic E-state index is -0.767. The van der Waals surface area contributed by atoms with Gasteiger partial charge in [0, 0.05) is 0 Å². The van der Waals surface area contributed by atoms with Crippen LogP contribution in [-0.4, -0.2) is 11.0 Å². The van der Waals surface area contributed by atoms with Crippen molar-refractivity contribution < 1.29 is 56.2 Å². The molecular formula is C14H15KN3OS+. The molecule has 2 atom stereocenters. The molecule has 2 unspecified atom stereocenters. The van der Waals surface area contributed by atoms with E-state index in [1.165, 1.54) is 5.56 Å². The Bertz CT molecular complexity index is 551. The number of benzene rings is 1. The van der Waals surface area contributed by atoms with E-state index in [0.29, 0.717) is 5.92 Å². The number of nitrogens with one attached hydrogen (secondary N) is 2. The zero-order valence-corrected chi connectivity index (χ0v) is 15.7. The Morgan fingerprint density at radius 3 is 2.40 bits per heavy atom. The molecule has 1 heterocycles. The molecule has 1 aromatic carbocycles. The summed E-state index contributed by atoms with van der Waals surface area (Å²) in [6.45, 7) is 4.24. The van der Waals surface area contributed by atoms with Gasteiger partial charge in [-0.25, -0.2) is 0 Å². The zero-order valence-electron chi connectivity index (χ0n) is 11.8. The van der Waals surface area contributed by atoms with Crippen LogP contribution in [0.25, 0.3) is 0 Å². The van der Waals surface area contributed by atoms with Crippen molar-refractivity contribution in [1.29, 1.82) is 5.26 Å². The average molecular weight is 312 g/mol. The van der Waals surface area contributed by atoms with Crippen LogP contribution in [0.3, 0.4) is 0 Å². The summed E-state index contributed by atoms with van der Waals surface area (Å²) in [7, 11) is 0. The molecule has 2 rings (SSSR count). The van der Waals surface area contributed by atoms with Crippen LogP contribution in [0.5, 0.6) is 0 Å². The number of hydrogen-bond donors (Lipinski definition) is 2. The minimum Gasteiger partial charge on any atom is -0.354 e. The van der Waals surface area contributed by atoms with Crippen LogP contribution in [0.15, 0.2) is 24.3 Å². The summed E-state index contributed by atoms with van der Waals surface area (Å²) in [4.78, 5) is 11.7. The average Bonchev–Trinajstić information content (AvgIpc) is 2.38. The van der Waals surface area contributed by atoms with E-state index in [0.717, 1.165) is 5.56 Å². The predicted molar refractivity (Wildman–Crippen MR) is 76.3 cm³/mol. The molecule has 0 spiro atoms. The van der Waals surface area contributed by atoms with Gasteiger partial charge in [-0.05, 0) is 29.3 Å². The Balaban J connectivity index is 0.00000200. The second-order valence-corrected chi connectivity index (χ2v) is 5.28. The number of carbonyl (C=O) groups excluding carboxylic acids is 1. The smallest absolute Gasteiger partial charge is 0.354 e. The van der Waals surface area contributed by atoms with E-state index in [1.54, 1.807) is 0 Å². The van der Waals surface area contributed by atoms with Gasteiger partial charge in [0.2, 0.25) is 5.91 Å². The monoisotopic (exact) mass is 312 g/mol. The second-order valence-electron chi connectivity index (χ2n) is 4.87. The van der Waals surface area contributed by atoms with Crippen LogP contribution in [0.4, 0.5) is 0 Å². The maximum absolute atomic E-state index is 11.7. The number of nitrogens with zero attached hydrogens (tertiary/aromatic N) is 1. The zero-order chi connectivity index (χ0) is 14.0. The first-order valence-corrected chi connectivity index (χ1v) is 6.54. The van der Waals surface area contributed by atoms with Crippen molar-refractivity contribution in [3.8, 4) is 6.07 Å². The molecule has 4 nitrogen and oxygen atoms in total. The molecule has 1 fully saturated rings. The predicted octanol–water partition coefficient (Wildman–Crippen LogP) is -1.00. The fraction of sp³-hybridized carbons (Fsp3) is 0.357. The van der Waals surface area contributed by atoms with E-state index in [4.69, 9.17) is 17.5 Å². The van der Waals surface area contributed by atoms with Crippen molar-refractivity contribution in [2.75, 3.05) is 0 Å². The van der Waals surface area contributed by atoms with Gasteiger partial charge in [0.1, 0.15) is 5.92 Å². The van der Waals surface area contributed by atoms with Crippen molar-refractivity contribution in [1.82, 2.24) is 10.6 Å². The number of thiocarbonyl (C=S) groups is 1. The van der Waals surface area contributed by atoms with E-state index in [9.17, 15) is 4.79 Å². The Kier molecular flexibility index (Phi) is 6.78. The molecule has 0 saturated carbocycles. The first-order chi connectivity index (χ1) is 9.02. The van der Waals surface area contributed by atoms with E-state index in [1.807, 2.05) is 30.3 Å². The van der Waals surface area contributed by atoms with E-state index >= 15 is 0 Å². The summed E-state index contributed by atoms with van der Waals surface area (Å²) < 4.78 is 0. The number of hydrogen-bond acceptors (Lipinski definition) is 3. The van der Waals surface area contributed by atoms with Crippen molar-refractivity contribution in [2.24, 2.45) is 5.92 Å². The number of amides is 1. The summed E-state index contributed by atoms with van der Waals surface area (Å²) in [5.74, 6) is -0.662. The number of rotatable bonds is 2. The molecule has 0 radical (unpaired) electrons. The Labute approximate surface area is 166 Å². The molecular weight excluding hydrogens is 297 g/mol. The van der Waals surface area contributed by atoms with Gasteiger partial charge < -0.3 is 10.6 Å². The summed E-state index contributed by atoms with van der Waals surface area (Å²) >= 11 is 4.98. The molecule has 1 saturated heterocycles. The van der Waals surface area contributed by atoms with Crippen LogP contribution < -0.4 is 62.0 Å². The number of carbonyl (C=O) groups is 1. The molecule has 98 valence electrons. The normalized spacial score (nSPS) is 21.5. The van der Waals surface area contributed by atoms with Crippen molar-refractivity contribution >= 4 is 23.2 Å². The summed E-state index contributed by atoms with van der Waals surface area (Å²) in [5, 5.41) is 14.9. The van der Waals surface area contributed by atoms with Crippen molar-refractivity contribution in [3.63, 3.8) is 0 Å². The van der Waals surface area contributed by atoms with Crippen molar-refractivity contribution in [2.45, 2.75) is 25.8 Å². The van der Waals surface area contributed by atoms with Crippen LogP contribution in [-0.2, 0) is 4.79 Å². The third kappa shape index (κ3) is 3.88. The summed E-state index contributed by atoms with van der Waals surface area (Å²) in [6.07, 6.45) is 0. The van der Waals surface area contributed by atoms with E-state index in [2.05, 4.69) is 24.5 Å². The van der Waals surface area contributed by atoms with Crippen LogP contribution >= 0.6 is 12.2 Å². The van der Waals surface area contributed by atoms with Gasteiger partial charge in [0.05, 0.1) is 12.1 Å². The maximum Gasteiger partial charge on any atom is 1.00 e. The molecule has 1 amide bonds.